The number of benzene rings is 1. The van der Waals surface area contributed by atoms with E-state index in [1.807, 2.05) is 37.3 Å². The van der Waals surface area contributed by atoms with Crippen LogP contribution in [0.2, 0.25) is 0 Å². The van der Waals surface area contributed by atoms with Gasteiger partial charge in [0, 0.05) is 32.9 Å². The number of amides is 2. The molecule has 0 saturated carbocycles. The van der Waals surface area contributed by atoms with Gasteiger partial charge in [-0.25, -0.2) is 4.79 Å². The number of hydrogen-bond donors (Lipinski definition) is 2. The zero-order valence-electron chi connectivity index (χ0n) is 13.6. The first-order chi connectivity index (χ1) is 11.0. The molecular weight excluding hydrogens is 296 g/mol. The van der Waals surface area contributed by atoms with E-state index < -0.39 is 12.0 Å². The van der Waals surface area contributed by atoms with Gasteiger partial charge in [-0.2, -0.15) is 0 Å². The lowest BCUT2D eigenvalue weighted by Crippen LogP contribution is -2.44. The maximum Gasteiger partial charge on any atom is 0.326 e. The van der Waals surface area contributed by atoms with Crippen molar-refractivity contribution in [3.63, 3.8) is 0 Å². The largest absolute Gasteiger partial charge is 0.480 e. The van der Waals surface area contributed by atoms with Crippen LogP contribution in [0.4, 0.5) is 0 Å². The van der Waals surface area contributed by atoms with Gasteiger partial charge in [0.25, 0.3) is 0 Å². The van der Waals surface area contributed by atoms with Crippen LogP contribution in [0, 0.1) is 0 Å². The summed E-state index contributed by atoms with van der Waals surface area (Å²) in [6, 6.07) is 8.22. The van der Waals surface area contributed by atoms with Crippen molar-refractivity contribution in [3.8, 4) is 0 Å². The van der Waals surface area contributed by atoms with Crippen molar-refractivity contribution in [1.82, 2.24) is 10.2 Å². The van der Waals surface area contributed by atoms with Crippen LogP contribution in [0.25, 0.3) is 0 Å². The van der Waals surface area contributed by atoms with E-state index in [1.165, 1.54) is 11.9 Å². The summed E-state index contributed by atoms with van der Waals surface area (Å²) in [6.07, 6.45) is 1.14. The van der Waals surface area contributed by atoms with Gasteiger partial charge in [0.05, 0.1) is 0 Å². The van der Waals surface area contributed by atoms with E-state index >= 15 is 0 Å². The highest BCUT2D eigenvalue weighted by Gasteiger charge is 2.26. The lowest BCUT2D eigenvalue weighted by molar-refractivity contribution is -0.149. The van der Waals surface area contributed by atoms with E-state index in [9.17, 15) is 19.5 Å². The number of nitrogens with one attached hydrogen (secondary N) is 1. The first-order valence-electron chi connectivity index (χ1n) is 7.74. The minimum absolute atomic E-state index is 0.00458. The molecule has 23 heavy (non-hydrogen) atoms. The maximum atomic E-state index is 12.1. The van der Waals surface area contributed by atoms with Crippen LogP contribution in [0.1, 0.15) is 31.7 Å². The Morgan fingerprint density at radius 1 is 1.17 bits per heavy atom. The predicted molar refractivity (Wildman–Crippen MR) is 86.9 cm³/mol. The van der Waals surface area contributed by atoms with Gasteiger partial charge < -0.3 is 15.3 Å². The summed E-state index contributed by atoms with van der Waals surface area (Å²) in [5, 5.41) is 12.1. The minimum atomic E-state index is -1.06. The fourth-order valence-corrected chi connectivity index (χ4v) is 2.15. The molecule has 0 saturated heterocycles. The summed E-state index contributed by atoms with van der Waals surface area (Å²) in [5.74, 6) is -1.59. The molecular formula is C17H24N2O4. The monoisotopic (exact) mass is 320 g/mol. The van der Waals surface area contributed by atoms with Crippen molar-refractivity contribution in [2.24, 2.45) is 0 Å². The Labute approximate surface area is 136 Å². The summed E-state index contributed by atoms with van der Waals surface area (Å²) in [5.41, 5.74) is 0.847. The average molecular weight is 320 g/mol. The van der Waals surface area contributed by atoms with Crippen LogP contribution in [0.5, 0.6) is 0 Å². The van der Waals surface area contributed by atoms with Crippen LogP contribution in [0.15, 0.2) is 30.3 Å². The van der Waals surface area contributed by atoms with Crippen LogP contribution in [-0.2, 0) is 20.8 Å². The standard InChI is InChI=1S/C17H24N2O4/c1-3-11-18-15(20)9-10-16(21)19(2)14(17(22)23)12-13-7-5-4-6-8-13/h4-8,14H,3,9-12H2,1-2H3,(H,18,20)(H,22,23). The highest BCUT2D eigenvalue weighted by Crippen LogP contribution is 2.10. The Morgan fingerprint density at radius 3 is 2.39 bits per heavy atom. The number of carbonyl (C=O) groups excluding carboxylic acids is 2. The van der Waals surface area contributed by atoms with Crippen LogP contribution < -0.4 is 5.32 Å². The highest BCUT2D eigenvalue weighted by atomic mass is 16.4. The van der Waals surface area contributed by atoms with Crippen LogP contribution >= 0.6 is 0 Å². The number of nitrogens with zero attached hydrogens (tertiary/aromatic N) is 1. The molecule has 0 radical (unpaired) electrons. The molecule has 0 aliphatic rings. The van der Waals surface area contributed by atoms with Crippen LogP contribution in [-0.4, -0.2) is 47.4 Å². The summed E-state index contributed by atoms with van der Waals surface area (Å²) in [6.45, 7) is 2.52. The number of likely N-dealkylation sites (N-methyl/N-ethyl adjacent to an activating group) is 1. The molecule has 2 amide bonds. The van der Waals surface area contributed by atoms with Gasteiger partial charge >= 0.3 is 5.97 Å². The molecule has 1 atom stereocenters. The average Bonchev–Trinajstić information content (AvgIpc) is 2.55. The SMILES string of the molecule is CCCNC(=O)CCC(=O)N(C)C(Cc1ccccc1)C(=O)O. The number of carboxylic acids is 1. The molecule has 6 heteroatoms. The molecule has 126 valence electrons. The first-order valence-corrected chi connectivity index (χ1v) is 7.74. The molecule has 0 aromatic heterocycles. The molecule has 0 bridgehead atoms. The van der Waals surface area contributed by atoms with E-state index in [4.69, 9.17) is 0 Å². The number of carbonyl (C=O) groups is 3. The molecule has 0 heterocycles. The van der Waals surface area contributed by atoms with Gasteiger partial charge in [-0.1, -0.05) is 37.3 Å². The van der Waals surface area contributed by atoms with Crippen molar-refractivity contribution in [3.05, 3.63) is 35.9 Å². The Morgan fingerprint density at radius 2 is 1.83 bits per heavy atom. The van der Waals surface area contributed by atoms with Gasteiger partial charge in [0.1, 0.15) is 6.04 Å². The Hall–Kier alpha value is -2.37. The lowest BCUT2D eigenvalue weighted by atomic mass is 10.0. The van der Waals surface area contributed by atoms with Crippen molar-refractivity contribution in [2.75, 3.05) is 13.6 Å². The van der Waals surface area contributed by atoms with Gasteiger partial charge in [-0.3, -0.25) is 9.59 Å². The fraction of sp³-hybridized carbons (Fsp3) is 0.471. The molecule has 1 aromatic rings. The fourth-order valence-electron chi connectivity index (χ4n) is 2.15. The third kappa shape index (κ3) is 6.50. The van der Waals surface area contributed by atoms with Crippen LogP contribution in [0.3, 0.4) is 0 Å². The van der Waals surface area contributed by atoms with E-state index in [2.05, 4.69) is 5.32 Å². The zero-order valence-corrected chi connectivity index (χ0v) is 13.6. The normalized spacial score (nSPS) is 11.6. The van der Waals surface area contributed by atoms with Crippen molar-refractivity contribution >= 4 is 17.8 Å². The topological polar surface area (TPSA) is 86.7 Å². The minimum Gasteiger partial charge on any atom is -0.480 e. The number of carboxylic acid groups (broad SMARTS) is 1. The number of aliphatic carboxylic acids is 1. The first kappa shape index (κ1) is 18.7. The third-order valence-electron chi connectivity index (χ3n) is 3.56. The third-order valence-corrected chi connectivity index (χ3v) is 3.56. The zero-order chi connectivity index (χ0) is 17.2. The highest BCUT2D eigenvalue weighted by molar-refractivity contribution is 5.87. The Balaban J connectivity index is 2.59. The molecule has 6 nitrogen and oxygen atoms in total. The van der Waals surface area contributed by atoms with Crippen molar-refractivity contribution < 1.29 is 19.5 Å². The second-order valence-corrected chi connectivity index (χ2v) is 5.40. The predicted octanol–water partition coefficient (Wildman–Crippen LogP) is 1.45. The molecule has 0 aliphatic carbocycles. The van der Waals surface area contributed by atoms with E-state index in [0.717, 1.165) is 12.0 Å². The lowest BCUT2D eigenvalue weighted by Gasteiger charge is -2.25. The van der Waals surface area contributed by atoms with Gasteiger partial charge in [0.15, 0.2) is 0 Å². The Kier molecular flexibility index (Phi) is 7.80. The quantitative estimate of drug-likeness (QED) is 0.721. The molecule has 2 N–H and O–H groups in total. The van der Waals surface area contributed by atoms with E-state index in [1.54, 1.807) is 0 Å². The van der Waals surface area contributed by atoms with E-state index in [0.29, 0.717) is 6.54 Å². The second kappa shape index (κ2) is 9.61. The number of hydrogen-bond acceptors (Lipinski definition) is 3. The maximum absolute atomic E-state index is 12.1. The molecule has 1 aromatic carbocycles. The number of rotatable bonds is 9. The van der Waals surface area contributed by atoms with Crippen molar-refractivity contribution in [2.45, 2.75) is 38.6 Å². The molecule has 1 unspecified atom stereocenters. The second-order valence-electron chi connectivity index (χ2n) is 5.40. The van der Waals surface area contributed by atoms with Gasteiger partial charge in [0.2, 0.25) is 11.8 Å². The summed E-state index contributed by atoms with van der Waals surface area (Å²) in [7, 11) is 1.47. The van der Waals surface area contributed by atoms with Gasteiger partial charge in [-0.15, -0.1) is 0 Å². The van der Waals surface area contributed by atoms with Gasteiger partial charge in [-0.05, 0) is 12.0 Å². The Bertz CT molecular complexity index is 531. The summed E-state index contributed by atoms with van der Waals surface area (Å²) >= 11 is 0. The molecule has 0 aliphatic heterocycles. The molecule has 0 fully saturated rings. The smallest absolute Gasteiger partial charge is 0.326 e. The molecule has 0 spiro atoms. The summed E-state index contributed by atoms with van der Waals surface area (Å²) < 4.78 is 0. The molecule has 1 rings (SSSR count). The van der Waals surface area contributed by atoms with E-state index in [-0.39, 0.29) is 31.1 Å². The van der Waals surface area contributed by atoms with Crippen molar-refractivity contribution in [1.29, 1.82) is 0 Å². The summed E-state index contributed by atoms with van der Waals surface area (Å²) in [4.78, 5) is 36.3.